The highest BCUT2D eigenvalue weighted by Crippen LogP contribution is 2.24. The number of amides is 1. The van der Waals surface area contributed by atoms with Gasteiger partial charge in [0.1, 0.15) is 18.4 Å². The average Bonchev–Trinajstić information content (AvgIpc) is 3.00. The molecule has 0 saturated carbocycles. The molecule has 0 aliphatic carbocycles. The lowest BCUT2D eigenvalue weighted by Gasteiger charge is -2.20. The maximum absolute atomic E-state index is 13.6. The first-order valence-corrected chi connectivity index (χ1v) is 15.4. The maximum Gasteiger partial charge on any atom is 0.335 e. The lowest BCUT2D eigenvalue weighted by molar-refractivity contribution is -0.149. The molecular weight excluding hydrogens is 619 g/mol. The van der Waals surface area contributed by atoms with Gasteiger partial charge in [0.2, 0.25) is 0 Å². The van der Waals surface area contributed by atoms with Gasteiger partial charge in [-0.3, -0.25) is 14.2 Å². The van der Waals surface area contributed by atoms with Crippen molar-refractivity contribution < 1.29 is 19.1 Å². The van der Waals surface area contributed by atoms with Crippen LogP contribution in [0.15, 0.2) is 70.3 Å². The van der Waals surface area contributed by atoms with Crippen molar-refractivity contribution in [3.05, 3.63) is 103 Å². The summed E-state index contributed by atoms with van der Waals surface area (Å²) >= 11 is 12.4. The van der Waals surface area contributed by atoms with Gasteiger partial charge in [0, 0.05) is 20.0 Å². The van der Waals surface area contributed by atoms with E-state index in [1.807, 2.05) is 0 Å². The number of aromatic nitrogens is 2. The highest BCUT2D eigenvalue weighted by molar-refractivity contribution is 6.39. The van der Waals surface area contributed by atoms with Crippen molar-refractivity contribution in [2.75, 3.05) is 19.7 Å². The minimum Gasteiger partial charge on any atom is -0.492 e. The van der Waals surface area contributed by atoms with E-state index in [9.17, 15) is 19.2 Å². The number of nitrogens with zero attached hydrogens (tertiary/aromatic N) is 2. The molecule has 1 amide bonds. The number of rotatable bonds is 13. The molecule has 45 heavy (non-hydrogen) atoms. The second-order valence-corrected chi connectivity index (χ2v) is 11.6. The summed E-state index contributed by atoms with van der Waals surface area (Å²) in [6.45, 7) is 7.49. The summed E-state index contributed by atoms with van der Waals surface area (Å²) in [6, 6.07) is 15.3. The fraction of sp³-hybridized carbons (Fsp3) is 0.333. The number of hydrogen-bond acceptors (Lipinski definition) is 7. The molecule has 12 heteroatoms. The molecule has 3 aromatic carbocycles. The second-order valence-electron chi connectivity index (χ2n) is 10.7. The first-order valence-electron chi connectivity index (χ1n) is 14.7. The van der Waals surface area contributed by atoms with E-state index in [1.54, 1.807) is 69.4 Å². The predicted molar refractivity (Wildman–Crippen MR) is 176 cm³/mol. The number of aryl methyl sites for hydroxylation is 1. The zero-order chi connectivity index (χ0) is 32.7. The first-order chi connectivity index (χ1) is 21.5. The largest absolute Gasteiger partial charge is 0.492 e. The number of carbonyl (C=O) groups is 2. The van der Waals surface area contributed by atoms with Crippen LogP contribution in [0, 0.1) is 0 Å². The summed E-state index contributed by atoms with van der Waals surface area (Å²) in [4.78, 5) is 52.9. The van der Waals surface area contributed by atoms with Gasteiger partial charge in [-0.2, -0.15) is 0 Å². The van der Waals surface area contributed by atoms with Gasteiger partial charge >= 0.3 is 11.7 Å². The average molecular weight is 656 g/mol. The highest BCUT2D eigenvalue weighted by atomic mass is 35.5. The van der Waals surface area contributed by atoms with Crippen LogP contribution in [0.4, 0.5) is 0 Å². The van der Waals surface area contributed by atoms with E-state index in [2.05, 4.69) is 17.6 Å². The van der Waals surface area contributed by atoms with E-state index in [1.165, 1.54) is 16.7 Å². The molecule has 1 heterocycles. The Morgan fingerprint density at radius 1 is 0.956 bits per heavy atom. The van der Waals surface area contributed by atoms with Crippen molar-refractivity contribution in [2.45, 2.75) is 45.8 Å². The third kappa shape index (κ3) is 8.13. The van der Waals surface area contributed by atoms with Crippen molar-refractivity contribution in [3.63, 3.8) is 0 Å². The topological polar surface area (TPSA) is 121 Å². The summed E-state index contributed by atoms with van der Waals surface area (Å²) in [5, 5.41) is 6.56. The summed E-state index contributed by atoms with van der Waals surface area (Å²) < 4.78 is 13.7. The molecule has 0 bridgehead atoms. The Morgan fingerprint density at radius 2 is 1.64 bits per heavy atom. The molecule has 238 valence electrons. The summed E-state index contributed by atoms with van der Waals surface area (Å²) in [5.74, 6) is -0.734. The van der Waals surface area contributed by atoms with Crippen LogP contribution in [0.25, 0.3) is 16.6 Å². The quantitative estimate of drug-likeness (QED) is 0.159. The SMILES string of the molecule is CCCNCCOc1ccc2c(c1)c(=O)n(-c1ccc(C[C@H](NC(=O)c3c(Cl)cccc3Cl)C(=O)OC(C)C)cc1)c(=O)n2C. The van der Waals surface area contributed by atoms with Crippen molar-refractivity contribution >= 4 is 46.0 Å². The van der Waals surface area contributed by atoms with Gasteiger partial charge in [-0.25, -0.2) is 14.2 Å². The van der Waals surface area contributed by atoms with Crippen LogP contribution >= 0.6 is 23.2 Å². The molecule has 1 atom stereocenters. The molecule has 2 N–H and O–H groups in total. The number of carbonyl (C=O) groups excluding carboxylic acids is 2. The normalized spacial score (nSPS) is 11.9. The standard InChI is InChI=1S/C33H36Cl2N4O6/c1-5-15-36-16-17-44-23-13-14-28-24(19-23)31(41)39(33(43)38(28)4)22-11-9-21(10-12-22)18-27(32(42)45-20(2)3)37-30(40)29-25(34)7-6-8-26(29)35/h6-14,19-20,27,36H,5,15-18H2,1-4H3,(H,37,40)/t27-/m0/s1. The maximum atomic E-state index is 13.6. The van der Waals surface area contributed by atoms with Gasteiger partial charge in [-0.05, 0) is 74.8 Å². The molecule has 0 fully saturated rings. The fourth-order valence-corrected chi connectivity index (χ4v) is 5.34. The molecule has 0 unspecified atom stereocenters. The molecule has 0 aliphatic heterocycles. The van der Waals surface area contributed by atoms with Crippen LogP contribution in [0.2, 0.25) is 10.0 Å². The number of benzene rings is 3. The van der Waals surface area contributed by atoms with Crippen LogP contribution in [0.1, 0.15) is 43.1 Å². The molecule has 1 aromatic heterocycles. The zero-order valence-corrected chi connectivity index (χ0v) is 27.1. The van der Waals surface area contributed by atoms with Crippen LogP contribution < -0.4 is 26.6 Å². The van der Waals surface area contributed by atoms with Gasteiger partial charge in [0.15, 0.2) is 0 Å². The molecule has 0 aliphatic rings. The van der Waals surface area contributed by atoms with E-state index in [4.69, 9.17) is 32.7 Å². The van der Waals surface area contributed by atoms with Gasteiger partial charge in [0.25, 0.3) is 11.5 Å². The minimum absolute atomic E-state index is 0.0479. The van der Waals surface area contributed by atoms with Crippen molar-refractivity contribution in [1.29, 1.82) is 0 Å². The summed E-state index contributed by atoms with van der Waals surface area (Å²) in [6.07, 6.45) is 0.673. The summed E-state index contributed by atoms with van der Waals surface area (Å²) in [5.41, 5.74) is 0.516. The fourth-order valence-electron chi connectivity index (χ4n) is 4.77. The summed E-state index contributed by atoms with van der Waals surface area (Å²) in [7, 11) is 1.60. The zero-order valence-electron chi connectivity index (χ0n) is 25.6. The highest BCUT2D eigenvalue weighted by Gasteiger charge is 2.26. The van der Waals surface area contributed by atoms with E-state index in [0.717, 1.165) is 17.5 Å². The Labute approximate surface area is 270 Å². The smallest absolute Gasteiger partial charge is 0.335 e. The Hall–Kier alpha value is -4.12. The lowest BCUT2D eigenvalue weighted by atomic mass is 10.0. The van der Waals surface area contributed by atoms with Crippen LogP contribution in [0.3, 0.4) is 0 Å². The molecule has 0 radical (unpaired) electrons. The molecule has 4 aromatic rings. The molecule has 0 saturated heterocycles. The van der Waals surface area contributed by atoms with Gasteiger partial charge in [-0.1, -0.05) is 48.3 Å². The minimum atomic E-state index is -1.06. The van der Waals surface area contributed by atoms with Crippen LogP contribution in [0.5, 0.6) is 5.75 Å². The van der Waals surface area contributed by atoms with Crippen molar-refractivity contribution in [1.82, 2.24) is 19.8 Å². The van der Waals surface area contributed by atoms with E-state index < -0.39 is 35.3 Å². The molecule has 4 rings (SSSR count). The van der Waals surface area contributed by atoms with Crippen molar-refractivity contribution in [3.8, 4) is 11.4 Å². The molecular formula is C33H36Cl2N4O6. The third-order valence-corrected chi connectivity index (χ3v) is 7.61. The monoisotopic (exact) mass is 654 g/mol. The number of halogens is 2. The predicted octanol–water partition coefficient (Wildman–Crippen LogP) is 4.67. The van der Waals surface area contributed by atoms with Gasteiger partial charge in [0.05, 0.1) is 38.3 Å². The number of esters is 1. The number of nitrogens with one attached hydrogen (secondary N) is 2. The van der Waals surface area contributed by atoms with E-state index >= 15 is 0 Å². The third-order valence-electron chi connectivity index (χ3n) is 6.98. The second kappa shape index (κ2) is 15.2. The lowest BCUT2D eigenvalue weighted by Crippen LogP contribution is -2.44. The van der Waals surface area contributed by atoms with Crippen LogP contribution in [-0.4, -0.2) is 52.9 Å². The Kier molecular flexibility index (Phi) is 11.4. The molecule has 0 spiro atoms. The Bertz CT molecular complexity index is 1780. The van der Waals surface area contributed by atoms with E-state index in [0.29, 0.717) is 41.1 Å². The van der Waals surface area contributed by atoms with E-state index in [-0.39, 0.29) is 22.0 Å². The number of ether oxygens (including phenoxy) is 2. The molecule has 10 nitrogen and oxygen atoms in total. The Morgan fingerprint density at radius 3 is 2.29 bits per heavy atom. The number of hydrogen-bond donors (Lipinski definition) is 2. The Balaban J connectivity index is 1.61. The van der Waals surface area contributed by atoms with Crippen molar-refractivity contribution in [2.24, 2.45) is 7.05 Å². The van der Waals surface area contributed by atoms with Gasteiger partial charge < -0.3 is 20.1 Å². The van der Waals surface area contributed by atoms with Gasteiger partial charge in [-0.15, -0.1) is 0 Å². The number of fused-ring (bicyclic) bond motifs is 1. The first kappa shape index (κ1) is 33.8. The van der Waals surface area contributed by atoms with Crippen LogP contribution in [-0.2, 0) is 23.0 Å².